The maximum Gasteiger partial charge on any atom is 0.0827 e. The van der Waals surface area contributed by atoms with Gasteiger partial charge in [0.05, 0.1) is 17.1 Å². The Labute approximate surface area is 126 Å². The van der Waals surface area contributed by atoms with Gasteiger partial charge in [-0.3, -0.25) is 10.00 Å². The van der Waals surface area contributed by atoms with E-state index in [2.05, 4.69) is 71.1 Å². The zero-order valence-corrected chi connectivity index (χ0v) is 13.1. The molecule has 1 fully saturated rings. The molecule has 21 heavy (non-hydrogen) atoms. The molecular weight excluding hydrogens is 260 g/mol. The summed E-state index contributed by atoms with van der Waals surface area (Å²) in [6.45, 7) is 10.8. The van der Waals surface area contributed by atoms with Crippen molar-refractivity contribution < 1.29 is 0 Å². The molecule has 1 atom stereocenters. The van der Waals surface area contributed by atoms with Crippen LogP contribution in [0.5, 0.6) is 0 Å². The fourth-order valence-corrected chi connectivity index (χ4v) is 3.29. The third-order valence-electron chi connectivity index (χ3n) is 4.55. The van der Waals surface area contributed by atoms with Crippen LogP contribution in [0.4, 0.5) is 5.69 Å². The number of anilines is 1. The van der Waals surface area contributed by atoms with E-state index in [0.29, 0.717) is 6.04 Å². The van der Waals surface area contributed by atoms with Gasteiger partial charge in [-0.1, -0.05) is 30.3 Å². The Morgan fingerprint density at radius 1 is 1.05 bits per heavy atom. The van der Waals surface area contributed by atoms with Crippen molar-refractivity contribution in [3.05, 3.63) is 47.3 Å². The quantitative estimate of drug-likeness (QED) is 0.941. The summed E-state index contributed by atoms with van der Waals surface area (Å²) in [5.41, 5.74) is 4.98. The van der Waals surface area contributed by atoms with Crippen LogP contribution < -0.4 is 4.90 Å². The molecule has 4 heteroatoms. The van der Waals surface area contributed by atoms with E-state index < -0.39 is 0 Å². The lowest BCUT2D eigenvalue weighted by Crippen LogP contribution is -2.47. The van der Waals surface area contributed by atoms with E-state index in [1.807, 2.05) is 0 Å². The highest BCUT2D eigenvalue weighted by Crippen LogP contribution is 2.26. The molecule has 0 radical (unpaired) electrons. The third-order valence-corrected chi connectivity index (χ3v) is 4.55. The maximum atomic E-state index is 4.31. The summed E-state index contributed by atoms with van der Waals surface area (Å²) in [6, 6.07) is 11.3. The number of nitrogens with one attached hydrogen (secondary N) is 1. The van der Waals surface area contributed by atoms with Crippen molar-refractivity contribution in [2.75, 3.05) is 31.1 Å². The summed E-state index contributed by atoms with van der Waals surface area (Å²) in [7, 11) is 0. The van der Waals surface area contributed by atoms with Gasteiger partial charge in [-0.2, -0.15) is 5.10 Å². The number of H-pyrrole nitrogens is 1. The van der Waals surface area contributed by atoms with E-state index in [-0.39, 0.29) is 0 Å². The summed E-state index contributed by atoms with van der Waals surface area (Å²) in [4.78, 5) is 5.03. The average Bonchev–Trinajstić information content (AvgIpc) is 2.87. The number of nitrogens with zero attached hydrogens (tertiary/aromatic N) is 3. The van der Waals surface area contributed by atoms with Gasteiger partial charge in [0.15, 0.2) is 0 Å². The molecule has 1 aliphatic heterocycles. The van der Waals surface area contributed by atoms with Crippen LogP contribution in [0.1, 0.15) is 29.9 Å². The summed E-state index contributed by atoms with van der Waals surface area (Å²) >= 11 is 0. The van der Waals surface area contributed by atoms with Gasteiger partial charge in [-0.05, 0) is 26.3 Å². The number of aromatic amines is 1. The Morgan fingerprint density at radius 2 is 1.71 bits per heavy atom. The largest absolute Gasteiger partial charge is 0.366 e. The molecule has 0 amide bonds. The first-order chi connectivity index (χ1) is 10.2. The summed E-state index contributed by atoms with van der Waals surface area (Å²) in [5, 5.41) is 7.40. The minimum Gasteiger partial charge on any atom is -0.366 e. The molecule has 4 nitrogen and oxygen atoms in total. The first-order valence-electron chi connectivity index (χ1n) is 7.72. The third kappa shape index (κ3) is 2.81. The molecule has 0 saturated carbocycles. The van der Waals surface area contributed by atoms with E-state index in [4.69, 9.17) is 0 Å². The highest BCUT2D eigenvalue weighted by Gasteiger charge is 2.24. The fourth-order valence-electron chi connectivity index (χ4n) is 3.29. The lowest BCUT2D eigenvalue weighted by Gasteiger charge is -2.39. The molecule has 3 rings (SSSR count). The van der Waals surface area contributed by atoms with Gasteiger partial charge in [0.25, 0.3) is 0 Å². The molecule has 0 bridgehead atoms. The first-order valence-corrected chi connectivity index (χ1v) is 7.72. The molecule has 1 aromatic carbocycles. The van der Waals surface area contributed by atoms with Crippen molar-refractivity contribution in [3.63, 3.8) is 0 Å². The Hall–Kier alpha value is -1.81. The topological polar surface area (TPSA) is 35.2 Å². The van der Waals surface area contributed by atoms with Crippen LogP contribution in [0.3, 0.4) is 0 Å². The number of piperazine rings is 1. The van der Waals surface area contributed by atoms with E-state index in [9.17, 15) is 0 Å². The van der Waals surface area contributed by atoms with Gasteiger partial charge >= 0.3 is 0 Å². The molecule has 1 unspecified atom stereocenters. The molecule has 2 aromatic rings. The van der Waals surface area contributed by atoms with Crippen LogP contribution >= 0.6 is 0 Å². The van der Waals surface area contributed by atoms with Crippen molar-refractivity contribution in [1.82, 2.24) is 15.1 Å². The molecule has 1 aliphatic rings. The van der Waals surface area contributed by atoms with Crippen LogP contribution in [-0.2, 0) is 0 Å². The van der Waals surface area contributed by atoms with Crippen LogP contribution in [0.15, 0.2) is 30.3 Å². The predicted molar refractivity (Wildman–Crippen MR) is 86.7 cm³/mol. The second-order valence-electron chi connectivity index (χ2n) is 5.89. The molecule has 1 aromatic heterocycles. The number of aromatic nitrogens is 2. The van der Waals surface area contributed by atoms with Crippen molar-refractivity contribution in [3.8, 4) is 0 Å². The molecule has 2 heterocycles. The fraction of sp³-hybridized carbons (Fsp3) is 0.471. The van der Waals surface area contributed by atoms with Crippen molar-refractivity contribution in [2.45, 2.75) is 26.8 Å². The maximum absolute atomic E-state index is 4.31. The van der Waals surface area contributed by atoms with E-state index in [1.165, 1.54) is 16.9 Å². The second-order valence-corrected chi connectivity index (χ2v) is 5.89. The normalized spacial score (nSPS) is 18.0. The van der Waals surface area contributed by atoms with Crippen LogP contribution in [0.2, 0.25) is 0 Å². The highest BCUT2D eigenvalue weighted by molar-refractivity contribution is 5.54. The number of hydrogen-bond donors (Lipinski definition) is 1. The smallest absolute Gasteiger partial charge is 0.0827 e. The first kappa shape index (κ1) is 14.1. The number of hydrogen-bond acceptors (Lipinski definition) is 3. The summed E-state index contributed by atoms with van der Waals surface area (Å²) in [5.74, 6) is 0. The van der Waals surface area contributed by atoms with E-state index in [1.54, 1.807) is 0 Å². The Morgan fingerprint density at radius 3 is 2.29 bits per heavy atom. The van der Waals surface area contributed by atoms with Crippen molar-refractivity contribution in [1.29, 1.82) is 0 Å². The van der Waals surface area contributed by atoms with Crippen LogP contribution in [0, 0.1) is 13.8 Å². The number of rotatable bonds is 3. The van der Waals surface area contributed by atoms with E-state index >= 15 is 0 Å². The van der Waals surface area contributed by atoms with Crippen molar-refractivity contribution >= 4 is 5.69 Å². The predicted octanol–water partition coefficient (Wildman–Crippen LogP) is 2.91. The lowest BCUT2D eigenvalue weighted by atomic mass is 10.1. The SMILES string of the molecule is Cc1n[nH]c(C)c1N1CCN(C(C)c2ccccc2)CC1. The molecule has 0 spiro atoms. The summed E-state index contributed by atoms with van der Waals surface area (Å²) in [6.07, 6.45) is 0. The Bertz CT molecular complexity index is 563. The van der Waals surface area contributed by atoms with Crippen molar-refractivity contribution in [2.24, 2.45) is 0 Å². The molecular formula is C17H24N4. The Kier molecular flexibility index (Phi) is 3.97. The molecule has 112 valence electrons. The standard InChI is InChI=1S/C17H24N4/c1-13-17(14(2)19-18-13)21-11-9-20(10-12-21)15(3)16-7-5-4-6-8-16/h4-8,15H,9-12H2,1-3H3,(H,18,19). The van der Waals surface area contributed by atoms with E-state index in [0.717, 1.165) is 31.9 Å². The van der Waals surface area contributed by atoms with Gasteiger partial charge in [0.1, 0.15) is 0 Å². The molecule has 1 saturated heterocycles. The van der Waals surface area contributed by atoms with Crippen LogP contribution in [0.25, 0.3) is 0 Å². The zero-order chi connectivity index (χ0) is 14.8. The zero-order valence-electron chi connectivity index (χ0n) is 13.1. The van der Waals surface area contributed by atoms with Crippen LogP contribution in [-0.4, -0.2) is 41.3 Å². The average molecular weight is 284 g/mol. The monoisotopic (exact) mass is 284 g/mol. The van der Waals surface area contributed by atoms with Gasteiger partial charge in [0, 0.05) is 32.2 Å². The number of aryl methyl sites for hydroxylation is 2. The minimum absolute atomic E-state index is 0.486. The number of benzene rings is 1. The van der Waals surface area contributed by atoms with Gasteiger partial charge in [-0.15, -0.1) is 0 Å². The minimum atomic E-state index is 0.486. The van der Waals surface area contributed by atoms with Gasteiger partial charge in [-0.25, -0.2) is 0 Å². The van der Waals surface area contributed by atoms with Gasteiger partial charge < -0.3 is 4.90 Å². The Balaban J connectivity index is 1.66. The highest BCUT2D eigenvalue weighted by atomic mass is 15.3. The second kappa shape index (κ2) is 5.90. The molecule has 1 N–H and O–H groups in total. The van der Waals surface area contributed by atoms with Gasteiger partial charge in [0.2, 0.25) is 0 Å². The molecule has 0 aliphatic carbocycles. The summed E-state index contributed by atoms with van der Waals surface area (Å²) < 4.78 is 0. The lowest BCUT2D eigenvalue weighted by molar-refractivity contribution is 0.198.